The lowest BCUT2D eigenvalue weighted by molar-refractivity contribution is -0.145. The van der Waals surface area contributed by atoms with Gasteiger partial charge in [-0.1, -0.05) is 25.5 Å². The zero-order valence-corrected chi connectivity index (χ0v) is 11.7. The predicted molar refractivity (Wildman–Crippen MR) is 75.2 cm³/mol. The van der Waals surface area contributed by atoms with Crippen LogP contribution in [0.4, 0.5) is 0 Å². The van der Waals surface area contributed by atoms with Gasteiger partial charge in [-0.2, -0.15) is 0 Å². The Bertz CT molecular complexity index is 375. The van der Waals surface area contributed by atoms with Gasteiger partial charge in [0, 0.05) is 0 Å². The van der Waals surface area contributed by atoms with Gasteiger partial charge in [0.25, 0.3) is 0 Å². The third-order valence-corrected chi connectivity index (χ3v) is 2.76. The van der Waals surface area contributed by atoms with Gasteiger partial charge in [0.1, 0.15) is 18.4 Å². The minimum absolute atomic E-state index is 0.132. The molecule has 0 saturated carbocycles. The number of hydrogen-bond donors (Lipinski definition) is 1. The van der Waals surface area contributed by atoms with Crippen LogP contribution in [0.1, 0.15) is 32.3 Å². The van der Waals surface area contributed by atoms with E-state index in [9.17, 15) is 4.79 Å². The summed E-state index contributed by atoms with van der Waals surface area (Å²) < 4.78 is 10.3. The lowest BCUT2D eigenvalue weighted by Gasteiger charge is -2.12. The van der Waals surface area contributed by atoms with Crippen molar-refractivity contribution in [2.24, 2.45) is 5.73 Å². The molecule has 0 saturated heterocycles. The number of benzene rings is 1. The highest BCUT2D eigenvalue weighted by atomic mass is 16.5. The van der Waals surface area contributed by atoms with Crippen molar-refractivity contribution >= 4 is 5.97 Å². The van der Waals surface area contributed by atoms with Gasteiger partial charge in [-0.05, 0) is 37.5 Å². The van der Waals surface area contributed by atoms with Gasteiger partial charge in [0.05, 0.1) is 6.61 Å². The number of esters is 1. The van der Waals surface area contributed by atoms with Crippen LogP contribution < -0.4 is 10.5 Å². The van der Waals surface area contributed by atoms with E-state index in [1.54, 1.807) is 6.92 Å². The molecule has 0 aliphatic carbocycles. The Morgan fingerprint density at radius 1 is 1.26 bits per heavy atom. The van der Waals surface area contributed by atoms with Crippen LogP contribution in [0.2, 0.25) is 0 Å². The van der Waals surface area contributed by atoms with Crippen molar-refractivity contribution in [3.8, 4) is 5.75 Å². The molecule has 1 aromatic rings. The topological polar surface area (TPSA) is 61.5 Å². The van der Waals surface area contributed by atoms with Crippen molar-refractivity contribution < 1.29 is 14.3 Å². The monoisotopic (exact) mass is 265 g/mol. The summed E-state index contributed by atoms with van der Waals surface area (Å²) in [5, 5.41) is 0. The number of unbranched alkanes of at least 4 members (excludes halogenated alkanes) is 1. The number of carbonyl (C=O) groups is 1. The van der Waals surface area contributed by atoms with Gasteiger partial charge >= 0.3 is 5.97 Å². The largest absolute Gasteiger partial charge is 0.491 e. The predicted octanol–water partition coefficient (Wildman–Crippen LogP) is 2.30. The molecular weight excluding hydrogens is 242 g/mol. The summed E-state index contributed by atoms with van der Waals surface area (Å²) in [5.41, 5.74) is 6.94. The molecule has 1 unspecified atom stereocenters. The smallest absolute Gasteiger partial charge is 0.326 e. The molecule has 1 rings (SSSR count). The Balaban J connectivity index is 2.39. The highest BCUT2D eigenvalue weighted by Gasteiger charge is 2.14. The van der Waals surface area contributed by atoms with E-state index in [0.717, 1.165) is 12.2 Å². The molecule has 0 amide bonds. The van der Waals surface area contributed by atoms with Crippen LogP contribution in [0, 0.1) is 0 Å². The fourth-order valence-corrected chi connectivity index (χ4v) is 1.64. The molecule has 4 heteroatoms. The molecule has 0 spiro atoms. The van der Waals surface area contributed by atoms with Crippen LogP contribution in [0.3, 0.4) is 0 Å². The second-order valence-corrected chi connectivity index (χ2v) is 4.42. The van der Waals surface area contributed by atoms with Crippen molar-refractivity contribution in [2.75, 3.05) is 13.2 Å². The average Bonchev–Trinajstić information content (AvgIpc) is 2.43. The van der Waals surface area contributed by atoms with Crippen molar-refractivity contribution in [1.29, 1.82) is 0 Å². The van der Waals surface area contributed by atoms with E-state index in [-0.39, 0.29) is 6.61 Å². The van der Waals surface area contributed by atoms with Crippen LogP contribution >= 0.6 is 0 Å². The molecule has 0 heterocycles. The van der Waals surface area contributed by atoms with Crippen LogP contribution in [-0.2, 0) is 16.0 Å². The zero-order chi connectivity index (χ0) is 14.1. The standard InChI is InChI=1S/C15H23NO3/c1-3-5-6-12-7-9-13(10-8-12)19-11-14(16)15(17)18-4-2/h7-10,14H,3-6,11,16H2,1-2H3. The molecule has 0 aliphatic rings. The maximum atomic E-state index is 11.3. The molecule has 106 valence electrons. The summed E-state index contributed by atoms with van der Waals surface area (Å²) in [4.78, 5) is 11.3. The summed E-state index contributed by atoms with van der Waals surface area (Å²) in [7, 11) is 0. The molecule has 0 aromatic heterocycles. The van der Waals surface area contributed by atoms with E-state index >= 15 is 0 Å². The quantitative estimate of drug-likeness (QED) is 0.733. The highest BCUT2D eigenvalue weighted by molar-refractivity contribution is 5.75. The number of ether oxygens (including phenoxy) is 2. The molecule has 0 fully saturated rings. The SMILES string of the molecule is CCCCc1ccc(OCC(N)C(=O)OCC)cc1. The minimum Gasteiger partial charge on any atom is -0.491 e. The summed E-state index contributed by atoms with van der Waals surface area (Å²) in [5.74, 6) is 0.294. The molecule has 0 bridgehead atoms. The first-order valence-corrected chi connectivity index (χ1v) is 6.81. The Morgan fingerprint density at radius 3 is 2.53 bits per heavy atom. The minimum atomic E-state index is -0.736. The molecule has 1 aromatic carbocycles. The third kappa shape index (κ3) is 5.75. The fourth-order valence-electron chi connectivity index (χ4n) is 1.64. The second-order valence-electron chi connectivity index (χ2n) is 4.42. The van der Waals surface area contributed by atoms with Gasteiger partial charge in [0.15, 0.2) is 0 Å². The lowest BCUT2D eigenvalue weighted by atomic mass is 10.1. The maximum absolute atomic E-state index is 11.3. The normalized spacial score (nSPS) is 11.9. The van der Waals surface area contributed by atoms with Gasteiger partial charge in [-0.25, -0.2) is 0 Å². The van der Waals surface area contributed by atoms with Crippen molar-refractivity contribution in [2.45, 2.75) is 39.2 Å². The molecular formula is C15H23NO3. The molecule has 4 nitrogen and oxygen atoms in total. The van der Waals surface area contributed by atoms with Crippen LogP contribution in [0.5, 0.6) is 5.75 Å². The van der Waals surface area contributed by atoms with Crippen molar-refractivity contribution in [1.82, 2.24) is 0 Å². The Kier molecular flexibility index (Phi) is 6.97. The number of hydrogen-bond acceptors (Lipinski definition) is 4. The number of nitrogens with two attached hydrogens (primary N) is 1. The van der Waals surface area contributed by atoms with Gasteiger partial charge in [-0.15, -0.1) is 0 Å². The fraction of sp³-hybridized carbons (Fsp3) is 0.533. The average molecular weight is 265 g/mol. The zero-order valence-electron chi connectivity index (χ0n) is 11.7. The molecule has 0 aliphatic heterocycles. The molecule has 0 radical (unpaired) electrons. The molecule has 2 N–H and O–H groups in total. The van der Waals surface area contributed by atoms with Gasteiger partial charge < -0.3 is 15.2 Å². The first-order valence-electron chi connectivity index (χ1n) is 6.81. The van der Waals surface area contributed by atoms with E-state index in [1.807, 2.05) is 24.3 Å². The van der Waals surface area contributed by atoms with Crippen LogP contribution in [0.25, 0.3) is 0 Å². The summed E-state index contributed by atoms with van der Waals surface area (Å²) >= 11 is 0. The van der Waals surface area contributed by atoms with Crippen molar-refractivity contribution in [3.05, 3.63) is 29.8 Å². The Hall–Kier alpha value is -1.55. The first-order chi connectivity index (χ1) is 9.17. The number of rotatable bonds is 8. The maximum Gasteiger partial charge on any atom is 0.326 e. The second kappa shape index (κ2) is 8.53. The van der Waals surface area contributed by atoms with E-state index in [4.69, 9.17) is 15.2 Å². The van der Waals surface area contributed by atoms with E-state index in [2.05, 4.69) is 6.92 Å². The first kappa shape index (κ1) is 15.5. The third-order valence-electron chi connectivity index (χ3n) is 2.76. The number of carbonyl (C=O) groups excluding carboxylic acids is 1. The van der Waals surface area contributed by atoms with E-state index < -0.39 is 12.0 Å². The highest BCUT2D eigenvalue weighted by Crippen LogP contribution is 2.14. The summed E-state index contributed by atoms with van der Waals surface area (Å²) in [6.07, 6.45) is 3.46. The van der Waals surface area contributed by atoms with Gasteiger partial charge in [-0.3, -0.25) is 4.79 Å². The van der Waals surface area contributed by atoms with E-state index in [0.29, 0.717) is 6.61 Å². The van der Waals surface area contributed by atoms with Crippen LogP contribution in [0.15, 0.2) is 24.3 Å². The summed E-state index contributed by atoms with van der Waals surface area (Å²) in [6, 6.07) is 7.16. The Morgan fingerprint density at radius 2 is 1.95 bits per heavy atom. The summed E-state index contributed by atoms with van der Waals surface area (Å²) in [6.45, 7) is 4.39. The molecule has 19 heavy (non-hydrogen) atoms. The lowest BCUT2D eigenvalue weighted by Crippen LogP contribution is -2.37. The van der Waals surface area contributed by atoms with E-state index in [1.165, 1.54) is 18.4 Å². The van der Waals surface area contributed by atoms with Crippen LogP contribution in [-0.4, -0.2) is 25.2 Å². The van der Waals surface area contributed by atoms with Crippen molar-refractivity contribution in [3.63, 3.8) is 0 Å². The molecule has 1 atom stereocenters. The van der Waals surface area contributed by atoms with Gasteiger partial charge in [0.2, 0.25) is 0 Å². The Labute approximate surface area is 114 Å². The number of aryl methyl sites for hydroxylation is 1.